The molecule has 0 aliphatic rings. The monoisotopic (exact) mass is 326 g/mol. The van der Waals surface area contributed by atoms with Gasteiger partial charge in [0.1, 0.15) is 6.61 Å². The van der Waals surface area contributed by atoms with Gasteiger partial charge in [-0.15, -0.1) is 0 Å². The number of rotatable bonds is 8. The van der Waals surface area contributed by atoms with Gasteiger partial charge in [-0.2, -0.15) is 0 Å². The van der Waals surface area contributed by atoms with Crippen LogP contribution in [0.3, 0.4) is 0 Å². The predicted octanol–water partition coefficient (Wildman–Crippen LogP) is 2.60. The van der Waals surface area contributed by atoms with Gasteiger partial charge in [0.15, 0.2) is 0 Å². The quantitative estimate of drug-likeness (QED) is 0.550. The lowest BCUT2D eigenvalue weighted by Gasteiger charge is -2.44. The molecule has 23 heavy (non-hydrogen) atoms. The molecule has 1 amide bonds. The molecule has 0 aliphatic heterocycles. The highest BCUT2D eigenvalue weighted by atomic mass is 16.5. The van der Waals surface area contributed by atoms with Gasteiger partial charge in [-0.05, 0) is 39.5 Å². The highest BCUT2D eigenvalue weighted by Gasteiger charge is 2.48. The average molecular weight is 326 g/mol. The van der Waals surface area contributed by atoms with Crippen molar-refractivity contribution >= 4 is 11.9 Å². The van der Waals surface area contributed by atoms with Crippen LogP contribution in [0.1, 0.15) is 48.0 Å². The Morgan fingerprint density at radius 2 is 1.65 bits per heavy atom. The van der Waals surface area contributed by atoms with Crippen molar-refractivity contribution in [3.63, 3.8) is 0 Å². The van der Waals surface area contributed by atoms with Crippen LogP contribution in [-0.4, -0.2) is 43.0 Å². The van der Waals surface area contributed by atoms with Gasteiger partial charge in [0, 0.05) is 19.6 Å². The number of esters is 1. The summed E-state index contributed by atoms with van der Waals surface area (Å²) >= 11 is 0. The number of nitrogens with two attached hydrogens (primary N) is 1. The molecule has 0 fully saturated rings. The molecule has 0 radical (unpaired) electrons. The topological polar surface area (TPSA) is 72.6 Å². The summed E-state index contributed by atoms with van der Waals surface area (Å²) in [6, 6.07) is 0. The third kappa shape index (κ3) is 5.34. The lowest BCUT2D eigenvalue weighted by atomic mass is 9.62. The van der Waals surface area contributed by atoms with Crippen molar-refractivity contribution in [3.8, 4) is 0 Å². The summed E-state index contributed by atoms with van der Waals surface area (Å²) in [5.74, 6) is -0.715. The van der Waals surface area contributed by atoms with Crippen LogP contribution in [0, 0.1) is 16.7 Å². The molecule has 1 atom stereocenters. The highest BCUT2D eigenvalue weighted by molar-refractivity contribution is 5.80. The summed E-state index contributed by atoms with van der Waals surface area (Å²) in [5, 5.41) is 0. The average Bonchev–Trinajstić information content (AvgIpc) is 2.39. The summed E-state index contributed by atoms with van der Waals surface area (Å²) in [5.41, 5.74) is 4.34. The van der Waals surface area contributed by atoms with Crippen molar-refractivity contribution in [2.24, 2.45) is 22.5 Å². The van der Waals surface area contributed by atoms with E-state index in [2.05, 4.69) is 6.58 Å². The van der Waals surface area contributed by atoms with Gasteiger partial charge < -0.3 is 15.4 Å². The molecule has 0 aliphatic carbocycles. The predicted molar refractivity (Wildman–Crippen MR) is 93.8 cm³/mol. The molecule has 1 unspecified atom stereocenters. The SMILES string of the molecule is C=CCOC(=O)C(C)(C)C(C)(C)CC(C(=O)N(C)C)C(C)(C)N. The fourth-order valence-corrected chi connectivity index (χ4v) is 2.34. The van der Waals surface area contributed by atoms with E-state index in [4.69, 9.17) is 10.5 Å². The normalized spacial score (nSPS) is 14.1. The fraction of sp³-hybridized carbons (Fsp3) is 0.778. The van der Waals surface area contributed by atoms with Crippen molar-refractivity contribution in [2.45, 2.75) is 53.5 Å². The highest BCUT2D eigenvalue weighted by Crippen LogP contribution is 2.46. The van der Waals surface area contributed by atoms with Crippen molar-refractivity contribution in [1.82, 2.24) is 4.90 Å². The first-order valence-corrected chi connectivity index (χ1v) is 7.96. The summed E-state index contributed by atoms with van der Waals surface area (Å²) in [6.07, 6.45) is 2.03. The van der Waals surface area contributed by atoms with E-state index >= 15 is 0 Å². The van der Waals surface area contributed by atoms with E-state index in [0.717, 1.165) is 0 Å². The molecule has 5 heteroatoms. The Kier molecular flexibility index (Phi) is 7.03. The third-order valence-electron chi connectivity index (χ3n) is 4.89. The Morgan fingerprint density at radius 3 is 2.00 bits per heavy atom. The van der Waals surface area contributed by atoms with Crippen molar-refractivity contribution in [2.75, 3.05) is 20.7 Å². The Morgan fingerprint density at radius 1 is 1.17 bits per heavy atom. The van der Waals surface area contributed by atoms with E-state index in [-0.39, 0.29) is 24.4 Å². The van der Waals surface area contributed by atoms with Gasteiger partial charge >= 0.3 is 5.97 Å². The second-order valence-corrected chi connectivity index (χ2v) is 8.21. The minimum absolute atomic E-state index is 0.0270. The van der Waals surface area contributed by atoms with E-state index in [0.29, 0.717) is 6.42 Å². The first-order chi connectivity index (χ1) is 10.2. The maximum atomic E-state index is 12.6. The van der Waals surface area contributed by atoms with Gasteiger partial charge in [0.05, 0.1) is 11.3 Å². The number of hydrogen-bond donors (Lipinski definition) is 1. The largest absolute Gasteiger partial charge is 0.461 e. The van der Waals surface area contributed by atoms with Crippen LogP contribution >= 0.6 is 0 Å². The first kappa shape index (κ1) is 21.6. The van der Waals surface area contributed by atoms with Gasteiger partial charge in [0.25, 0.3) is 0 Å². The molecule has 0 saturated carbocycles. The standard InChI is InChI=1S/C18H34N2O3/c1-10-11-23-15(22)17(4,5)16(2,3)12-13(18(6,7)19)14(21)20(8)9/h10,13H,1,11-12,19H2,2-9H3. The maximum Gasteiger partial charge on any atom is 0.312 e. The number of hydrogen-bond acceptors (Lipinski definition) is 4. The van der Waals surface area contributed by atoms with Gasteiger partial charge in [-0.1, -0.05) is 26.5 Å². The molecule has 134 valence electrons. The van der Waals surface area contributed by atoms with Crippen LogP contribution < -0.4 is 5.73 Å². The Hall–Kier alpha value is -1.36. The van der Waals surface area contributed by atoms with E-state index < -0.39 is 16.4 Å². The molecular weight excluding hydrogens is 292 g/mol. The van der Waals surface area contributed by atoms with E-state index in [9.17, 15) is 9.59 Å². The molecule has 0 aromatic carbocycles. The molecule has 0 aromatic heterocycles. The van der Waals surface area contributed by atoms with Crippen molar-refractivity contribution < 1.29 is 14.3 Å². The van der Waals surface area contributed by atoms with E-state index in [1.807, 2.05) is 41.5 Å². The van der Waals surface area contributed by atoms with Crippen LogP contribution in [0.2, 0.25) is 0 Å². The minimum Gasteiger partial charge on any atom is -0.461 e. The fourth-order valence-electron chi connectivity index (χ4n) is 2.34. The van der Waals surface area contributed by atoms with E-state index in [1.54, 1.807) is 25.1 Å². The van der Waals surface area contributed by atoms with Crippen LogP contribution in [-0.2, 0) is 14.3 Å². The molecular formula is C18H34N2O3. The number of amides is 1. The van der Waals surface area contributed by atoms with Gasteiger partial charge in [-0.25, -0.2) is 0 Å². The molecule has 0 spiro atoms. The number of ether oxygens (including phenoxy) is 1. The zero-order valence-corrected chi connectivity index (χ0v) is 16.0. The number of carbonyl (C=O) groups excluding carboxylic acids is 2. The Balaban J connectivity index is 5.49. The first-order valence-electron chi connectivity index (χ1n) is 7.96. The molecule has 0 aromatic rings. The molecule has 0 heterocycles. The van der Waals surface area contributed by atoms with Gasteiger partial charge in [-0.3, -0.25) is 9.59 Å². The van der Waals surface area contributed by atoms with E-state index in [1.165, 1.54) is 0 Å². The van der Waals surface area contributed by atoms with Crippen LogP contribution in [0.15, 0.2) is 12.7 Å². The molecule has 0 rings (SSSR count). The van der Waals surface area contributed by atoms with Crippen LogP contribution in [0.5, 0.6) is 0 Å². The minimum atomic E-state index is -0.758. The van der Waals surface area contributed by atoms with Gasteiger partial charge in [0.2, 0.25) is 5.91 Å². The van der Waals surface area contributed by atoms with Crippen LogP contribution in [0.4, 0.5) is 0 Å². The lowest BCUT2D eigenvalue weighted by Crippen LogP contribution is -2.52. The second-order valence-electron chi connectivity index (χ2n) is 8.21. The summed E-state index contributed by atoms with van der Waals surface area (Å²) in [4.78, 5) is 26.5. The number of nitrogens with zero attached hydrogens (tertiary/aromatic N) is 1. The van der Waals surface area contributed by atoms with Crippen molar-refractivity contribution in [1.29, 1.82) is 0 Å². The Labute approximate surface area is 141 Å². The van der Waals surface area contributed by atoms with Crippen LogP contribution in [0.25, 0.3) is 0 Å². The maximum absolute atomic E-state index is 12.6. The van der Waals surface area contributed by atoms with Crippen molar-refractivity contribution in [3.05, 3.63) is 12.7 Å². The third-order valence-corrected chi connectivity index (χ3v) is 4.89. The lowest BCUT2D eigenvalue weighted by molar-refractivity contribution is -0.162. The smallest absolute Gasteiger partial charge is 0.312 e. The zero-order valence-electron chi connectivity index (χ0n) is 16.0. The second kappa shape index (κ2) is 7.47. The zero-order chi connectivity index (χ0) is 18.6. The Bertz CT molecular complexity index is 446. The summed E-state index contributed by atoms with van der Waals surface area (Å²) in [7, 11) is 3.44. The molecule has 0 saturated heterocycles. The molecule has 0 bridgehead atoms. The molecule has 2 N–H and O–H groups in total. The molecule has 5 nitrogen and oxygen atoms in total. The summed E-state index contributed by atoms with van der Waals surface area (Å²) in [6.45, 7) is 15.1. The summed E-state index contributed by atoms with van der Waals surface area (Å²) < 4.78 is 5.23. The number of carbonyl (C=O) groups is 2.